The van der Waals surface area contributed by atoms with Crippen molar-refractivity contribution in [1.29, 1.82) is 0 Å². The van der Waals surface area contributed by atoms with Crippen LogP contribution in [0.1, 0.15) is 23.0 Å². The van der Waals surface area contributed by atoms with Gasteiger partial charge >= 0.3 is 0 Å². The summed E-state index contributed by atoms with van der Waals surface area (Å²) in [4.78, 5) is 14.0. The number of aryl methyl sites for hydroxylation is 1. The van der Waals surface area contributed by atoms with E-state index in [4.69, 9.17) is 11.6 Å². The van der Waals surface area contributed by atoms with Crippen LogP contribution in [0.2, 0.25) is 5.15 Å². The number of hydrogen-bond acceptors (Lipinski definition) is 4. The van der Waals surface area contributed by atoms with Crippen LogP contribution in [0.15, 0.2) is 30.3 Å². The largest absolute Gasteiger partial charge is 0.508 e. The molecule has 0 aliphatic rings. The predicted octanol–water partition coefficient (Wildman–Crippen LogP) is 2.81. The third-order valence-corrected chi connectivity index (χ3v) is 3.10. The first-order valence-electron chi connectivity index (χ1n) is 6.13. The molecule has 0 saturated carbocycles. The Morgan fingerprint density at radius 1 is 1.30 bits per heavy atom. The lowest BCUT2D eigenvalue weighted by Crippen LogP contribution is -2.32. The molecule has 1 N–H and O–H groups in total. The van der Waals surface area contributed by atoms with Crippen molar-refractivity contribution in [3.8, 4) is 5.75 Å². The molecule has 1 aromatic carbocycles. The first-order chi connectivity index (χ1) is 9.52. The summed E-state index contributed by atoms with van der Waals surface area (Å²) < 4.78 is 0. The monoisotopic (exact) mass is 291 g/mol. The number of rotatable bonds is 3. The Hall–Kier alpha value is -2.14. The second-order valence-electron chi connectivity index (χ2n) is 4.26. The molecule has 0 spiro atoms. The molecule has 0 fully saturated rings. The Morgan fingerprint density at radius 2 is 2.05 bits per heavy atom. The number of halogens is 1. The molecule has 20 heavy (non-hydrogen) atoms. The van der Waals surface area contributed by atoms with E-state index in [0.717, 1.165) is 5.56 Å². The summed E-state index contributed by atoms with van der Waals surface area (Å²) in [5.74, 6) is -0.176. The van der Waals surface area contributed by atoms with E-state index in [1.54, 1.807) is 18.2 Å². The summed E-state index contributed by atoms with van der Waals surface area (Å²) in [5.41, 5.74) is 1.74. The van der Waals surface area contributed by atoms with Crippen LogP contribution in [0.25, 0.3) is 0 Å². The maximum absolute atomic E-state index is 12.4. The molecule has 6 heteroatoms. The van der Waals surface area contributed by atoms with Gasteiger partial charge in [-0.3, -0.25) is 4.79 Å². The molecule has 0 bridgehead atoms. The third-order valence-electron chi connectivity index (χ3n) is 2.90. The van der Waals surface area contributed by atoms with Crippen molar-refractivity contribution in [1.82, 2.24) is 10.2 Å². The summed E-state index contributed by atoms with van der Waals surface area (Å²) in [6, 6.07) is 7.94. The highest BCUT2D eigenvalue weighted by Gasteiger charge is 2.19. The third kappa shape index (κ3) is 2.88. The lowest BCUT2D eigenvalue weighted by Gasteiger charge is -2.22. The van der Waals surface area contributed by atoms with Gasteiger partial charge in [-0.1, -0.05) is 17.7 Å². The minimum absolute atomic E-state index is 0.110. The molecule has 104 valence electrons. The van der Waals surface area contributed by atoms with Crippen LogP contribution < -0.4 is 4.90 Å². The van der Waals surface area contributed by atoms with Gasteiger partial charge in [0.15, 0.2) is 10.8 Å². The summed E-state index contributed by atoms with van der Waals surface area (Å²) in [6.07, 6.45) is 0. The smallest absolute Gasteiger partial charge is 0.278 e. The molecule has 0 aliphatic heterocycles. The van der Waals surface area contributed by atoms with E-state index in [1.165, 1.54) is 17.0 Å². The number of aromatic nitrogens is 2. The average molecular weight is 292 g/mol. The van der Waals surface area contributed by atoms with E-state index in [1.807, 2.05) is 13.8 Å². The second kappa shape index (κ2) is 5.88. The molecule has 2 rings (SSSR count). The van der Waals surface area contributed by atoms with Crippen molar-refractivity contribution in [3.63, 3.8) is 0 Å². The molecular formula is C14H14ClN3O2. The fraction of sp³-hybridized carbons (Fsp3) is 0.214. The topological polar surface area (TPSA) is 66.3 Å². The Balaban J connectivity index is 2.39. The standard InChI is InChI=1S/C14H14ClN3O2/c1-3-18(12-8-10(19)5-4-9(12)2)14(20)11-6-7-13(15)17-16-11/h4-8,19H,3H2,1-2H3. The molecule has 0 aliphatic carbocycles. The van der Waals surface area contributed by atoms with E-state index in [0.29, 0.717) is 12.2 Å². The van der Waals surface area contributed by atoms with Gasteiger partial charge in [-0.05, 0) is 37.6 Å². The molecule has 0 radical (unpaired) electrons. The molecule has 0 saturated heterocycles. The summed E-state index contributed by atoms with van der Waals surface area (Å²) in [5, 5.41) is 17.3. The second-order valence-corrected chi connectivity index (χ2v) is 4.65. The number of nitrogens with zero attached hydrogens (tertiary/aromatic N) is 3. The van der Waals surface area contributed by atoms with Crippen LogP contribution in [-0.2, 0) is 0 Å². The van der Waals surface area contributed by atoms with Crippen LogP contribution in [0.3, 0.4) is 0 Å². The lowest BCUT2D eigenvalue weighted by atomic mass is 10.1. The molecule has 2 aromatic rings. The number of benzene rings is 1. The van der Waals surface area contributed by atoms with Crippen LogP contribution in [0.5, 0.6) is 5.75 Å². The number of carbonyl (C=O) groups is 1. The zero-order chi connectivity index (χ0) is 14.7. The van der Waals surface area contributed by atoms with Crippen LogP contribution in [-0.4, -0.2) is 27.8 Å². The maximum Gasteiger partial charge on any atom is 0.278 e. The van der Waals surface area contributed by atoms with Crippen molar-refractivity contribution in [2.24, 2.45) is 0 Å². The molecule has 5 nitrogen and oxygen atoms in total. The number of carbonyl (C=O) groups excluding carboxylic acids is 1. The van der Waals surface area contributed by atoms with Gasteiger partial charge < -0.3 is 10.0 Å². The number of anilines is 1. The van der Waals surface area contributed by atoms with E-state index in [9.17, 15) is 9.90 Å². The molecule has 1 amide bonds. The predicted molar refractivity (Wildman–Crippen MR) is 77.2 cm³/mol. The Labute approximate surface area is 121 Å². The van der Waals surface area contributed by atoms with Crippen molar-refractivity contribution in [3.05, 3.63) is 46.7 Å². The van der Waals surface area contributed by atoms with Gasteiger partial charge in [-0.15, -0.1) is 10.2 Å². The number of phenolic OH excluding ortho intramolecular Hbond substituents is 1. The average Bonchev–Trinajstić information content (AvgIpc) is 2.44. The minimum Gasteiger partial charge on any atom is -0.508 e. The van der Waals surface area contributed by atoms with Gasteiger partial charge in [0.1, 0.15) is 5.75 Å². The summed E-state index contributed by atoms with van der Waals surface area (Å²) >= 11 is 5.66. The normalized spacial score (nSPS) is 10.3. The molecule has 0 atom stereocenters. The lowest BCUT2D eigenvalue weighted by molar-refractivity contribution is 0.0982. The van der Waals surface area contributed by atoms with Crippen molar-refractivity contribution < 1.29 is 9.90 Å². The van der Waals surface area contributed by atoms with Crippen molar-refractivity contribution in [2.75, 3.05) is 11.4 Å². The summed E-state index contributed by atoms with van der Waals surface area (Å²) in [6.45, 7) is 4.18. The quantitative estimate of drug-likeness (QED) is 0.944. The van der Waals surface area contributed by atoms with Gasteiger partial charge in [-0.25, -0.2) is 0 Å². The fourth-order valence-electron chi connectivity index (χ4n) is 1.88. The number of phenols is 1. The van der Waals surface area contributed by atoms with Gasteiger partial charge in [0.2, 0.25) is 0 Å². The Morgan fingerprint density at radius 3 is 2.65 bits per heavy atom. The van der Waals surface area contributed by atoms with E-state index in [-0.39, 0.29) is 22.5 Å². The molecule has 1 aromatic heterocycles. The van der Waals surface area contributed by atoms with E-state index >= 15 is 0 Å². The van der Waals surface area contributed by atoms with Crippen LogP contribution in [0.4, 0.5) is 5.69 Å². The number of amides is 1. The van der Waals surface area contributed by atoms with Gasteiger partial charge in [0, 0.05) is 12.6 Å². The molecule has 1 heterocycles. The number of aromatic hydroxyl groups is 1. The molecular weight excluding hydrogens is 278 g/mol. The zero-order valence-corrected chi connectivity index (χ0v) is 11.9. The first kappa shape index (κ1) is 14.3. The van der Waals surface area contributed by atoms with Crippen molar-refractivity contribution >= 4 is 23.2 Å². The number of hydrogen-bond donors (Lipinski definition) is 1. The van der Waals surface area contributed by atoms with E-state index < -0.39 is 0 Å². The van der Waals surface area contributed by atoms with Gasteiger partial charge in [-0.2, -0.15) is 0 Å². The molecule has 0 unspecified atom stereocenters. The van der Waals surface area contributed by atoms with Crippen molar-refractivity contribution in [2.45, 2.75) is 13.8 Å². The van der Waals surface area contributed by atoms with E-state index in [2.05, 4.69) is 10.2 Å². The fourth-order valence-corrected chi connectivity index (χ4v) is 1.98. The van der Waals surface area contributed by atoms with Crippen LogP contribution in [0, 0.1) is 6.92 Å². The first-order valence-corrected chi connectivity index (χ1v) is 6.51. The Kier molecular flexibility index (Phi) is 4.20. The van der Waals surface area contributed by atoms with Gasteiger partial charge in [0.05, 0.1) is 5.69 Å². The zero-order valence-electron chi connectivity index (χ0n) is 11.2. The SMILES string of the molecule is CCN(C(=O)c1ccc(Cl)nn1)c1cc(O)ccc1C. The Bertz CT molecular complexity index is 629. The highest BCUT2D eigenvalue weighted by molar-refractivity contribution is 6.29. The summed E-state index contributed by atoms with van der Waals surface area (Å²) in [7, 11) is 0. The highest BCUT2D eigenvalue weighted by Crippen LogP contribution is 2.26. The van der Waals surface area contributed by atoms with Crippen LogP contribution >= 0.6 is 11.6 Å². The minimum atomic E-state index is -0.287. The maximum atomic E-state index is 12.4. The van der Waals surface area contributed by atoms with Gasteiger partial charge in [0.25, 0.3) is 5.91 Å². The highest BCUT2D eigenvalue weighted by atomic mass is 35.5.